The second-order valence-electron chi connectivity index (χ2n) is 8.01. The number of anilines is 1. The van der Waals surface area contributed by atoms with Crippen molar-refractivity contribution in [2.45, 2.75) is 45.2 Å². The Balaban J connectivity index is 1.63. The van der Waals surface area contributed by atoms with Crippen molar-refractivity contribution < 1.29 is 9.59 Å². The second kappa shape index (κ2) is 10.4. The zero-order chi connectivity index (χ0) is 21.5. The van der Waals surface area contributed by atoms with Crippen molar-refractivity contribution in [3.8, 4) is 0 Å². The molecule has 2 heterocycles. The van der Waals surface area contributed by atoms with Gasteiger partial charge in [-0.25, -0.2) is 9.97 Å². The van der Waals surface area contributed by atoms with Crippen molar-refractivity contribution in [1.29, 1.82) is 0 Å². The topological polar surface area (TPSA) is 87.2 Å². The van der Waals surface area contributed by atoms with E-state index in [1.165, 1.54) is 0 Å². The number of amides is 2. The number of nitrogens with one attached hydrogen (secondary N) is 2. The summed E-state index contributed by atoms with van der Waals surface area (Å²) < 4.78 is 0. The highest BCUT2D eigenvalue weighted by molar-refractivity contribution is 6.30. The van der Waals surface area contributed by atoms with Crippen LogP contribution in [-0.4, -0.2) is 47.0 Å². The van der Waals surface area contributed by atoms with E-state index in [1.807, 2.05) is 13.8 Å². The summed E-state index contributed by atoms with van der Waals surface area (Å²) >= 11 is 5.90. The molecule has 0 spiro atoms. The molecule has 0 radical (unpaired) electrons. The molecule has 8 heteroatoms. The third-order valence-electron chi connectivity index (χ3n) is 5.04. The molecular weight excluding hydrogens is 402 g/mol. The Hall–Kier alpha value is -2.67. The van der Waals surface area contributed by atoms with Gasteiger partial charge in [-0.2, -0.15) is 0 Å². The number of hydrogen-bond acceptors (Lipinski definition) is 5. The van der Waals surface area contributed by atoms with Crippen LogP contribution >= 0.6 is 11.6 Å². The average molecular weight is 430 g/mol. The van der Waals surface area contributed by atoms with Crippen molar-refractivity contribution in [2.24, 2.45) is 5.92 Å². The van der Waals surface area contributed by atoms with Gasteiger partial charge in [-0.15, -0.1) is 0 Å². The molecule has 1 aromatic heterocycles. The first-order chi connectivity index (χ1) is 14.4. The van der Waals surface area contributed by atoms with Gasteiger partial charge in [0.25, 0.3) is 5.91 Å². The van der Waals surface area contributed by atoms with Crippen molar-refractivity contribution in [2.75, 3.05) is 18.0 Å². The number of piperidine rings is 1. The molecule has 1 aliphatic heterocycles. The lowest BCUT2D eigenvalue weighted by molar-refractivity contribution is -0.124. The number of rotatable bonds is 7. The number of hydrogen-bond donors (Lipinski definition) is 2. The van der Waals surface area contributed by atoms with Gasteiger partial charge >= 0.3 is 0 Å². The molecule has 2 atom stereocenters. The number of carbonyl (C=O) groups is 2. The number of halogens is 1. The lowest BCUT2D eigenvalue weighted by Crippen LogP contribution is -2.54. The van der Waals surface area contributed by atoms with Crippen LogP contribution < -0.4 is 15.5 Å². The Morgan fingerprint density at radius 1 is 1.20 bits per heavy atom. The summed E-state index contributed by atoms with van der Waals surface area (Å²) in [5.41, 5.74) is 0.478. The summed E-state index contributed by atoms with van der Waals surface area (Å²) in [5, 5.41) is 6.56. The highest BCUT2D eigenvalue weighted by atomic mass is 35.5. The predicted octanol–water partition coefficient (Wildman–Crippen LogP) is 3.06. The van der Waals surface area contributed by atoms with E-state index in [1.54, 1.807) is 42.7 Å². The largest absolute Gasteiger partial charge is 0.350 e. The van der Waals surface area contributed by atoms with E-state index in [0.29, 0.717) is 29.5 Å². The zero-order valence-corrected chi connectivity index (χ0v) is 18.1. The van der Waals surface area contributed by atoms with Crippen LogP contribution in [0.15, 0.2) is 42.7 Å². The Morgan fingerprint density at radius 2 is 1.90 bits per heavy atom. The van der Waals surface area contributed by atoms with Crippen LogP contribution in [0.3, 0.4) is 0 Å². The standard InChI is InChI=1S/C22H28ClN5O2/c1-15(2)13-19(27-20(29)16-6-8-17(23)9-7-16)21(30)26-18-5-3-12-28(14-18)22-24-10-4-11-25-22/h4,6-11,15,18-19H,3,5,12-14H2,1-2H3,(H,26,30)(H,27,29). The van der Waals surface area contributed by atoms with Gasteiger partial charge in [0.1, 0.15) is 6.04 Å². The molecule has 2 amide bonds. The van der Waals surface area contributed by atoms with Gasteiger partial charge < -0.3 is 15.5 Å². The Bertz CT molecular complexity index is 844. The highest BCUT2D eigenvalue weighted by Gasteiger charge is 2.28. The molecule has 1 aliphatic rings. The number of carbonyl (C=O) groups excluding carboxylic acids is 2. The third kappa shape index (κ3) is 6.16. The first-order valence-electron chi connectivity index (χ1n) is 10.3. The highest BCUT2D eigenvalue weighted by Crippen LogP contribution is 2.16. The van der Waals surface area contributed by atoms with Crippen LogP contribution in [0.4, 0.5) is 5.95 Å². The minimum Gasteiger partial charge on any atom is -0.350 e. The maximum absolute atomic E-state index is 13.0. The van der Waals surface area contributed by atoms with E-state index >= 15 is 0 Å². The van der Waals surface area contributed by atoms with Crippen molar-refractivity contribution >= 4 is 29.4 Å². The van der Waals surface area contributed by atoms with E-state index < -0.39 is 6.04 Å². The van der Waals surface area contributed by atoms with Gasteiger partial charge in [0.15, 0.2) is 0 Å². The van der Waals surface area contributed by atoms with Gasteiger partial charge in [-0.1, -0.05) is 25.4 Å². The molecule has 1 saturated heterocycles. The lowest BCUT2D eigenvalue weighted by atomic mass is 10.0. The van der Waals surface area contributed by atoms with Gasteiger partial charge in [0.2, 0.25) is 11.9 Å². The van der Waals surface area contributed by atoms with E-state index in [4.69, 9.17) is 11.6 Å². The van der Waals surface area contributed by atoms with Gasteiger partial charge in [0.05, 0.1) is 0 Å². The van der Waals surface area contributed by atoms with E-state index in [0.717, 1.165) is 19.4 Å². The SMILES string of the molecule is CC(C)CC(NC(=O)c1ccc(Cl)cc1)C(=O)NC1CCCN(c2ncccn2)C1. The summed E-state index contributed by atoms with van der Waals surface area (Å²) in [7, 11) is 0. The Morgan fingerprint density at radius 3 is 2.57 bits per heavy atom. The third-order valence-corrected chi connectivity index (χ3v) is 5.29. The minimum atomic E-state index is -0.600. The smallest absolute Gasteiger partial charge is 0.251 e. The molecule has 2 unspecified atom stereocenters. The van der Waals surface area contributed by atoms with Crippen LogP contribution in [0.5, 0.6) is 0 Å². The Kier molecular flexibility index (Phi) is 7.63. The number of benzene rings is 1. The van der Waals surface area contributed by atoms with Crippen LogP contribution in [0.2, 0.25) is 5.02 Å². The summed E-state index contributed by atoms with van der Waals surface area (Å²) in [5.74, 6) is 0.486. The monoisotopic (exact) mass is 429 g/mol. The molecule has 1 fully saturated rings. The molecule has 30 heavy (non-hydrogen) atoms. The van der Waals surface area contributed by atoms with Gasteiger partial charge in [0, 0.05) is 42.1 Å². The van der Waals surface area contributed by atoms with Gasteiger partial charge in [-0.3, -0.25) is 9.59 Å². The predicted molar refractivity (Wildman–Crippen MR) is 118 cm³/mol. The van der Waals surface area contributed by atoms with Crippen LogP contribution in [-0.2, 0) is 4.79 Å². The first kappa shape index (κ1) is 22.0. The summed E-state index contributed by atoms with van der Waals surface area (Å²) in [6, 6.07) is 7.80. The van der Waals surface area contributed by atoms with Crippen molar-refractivity contribution in [3.63, 3.8) is 0 Å². The Labute approximate surface area is 182 Å². The first-order valence-corrected chi connectivity index (χ1v) is 10.7. The van der Waals surface area contributed by atoms with Crippen LogP contribution in [0, 0.1) is 5.92 Å². The molecule has 3 rings (SSSR count). The van der Waals surface area contributed by atoms with Crippen molar-refractivity contribution in [3.05, 3.63) is 53.3 Å². The molecular formula is C22H28ClN5O2. The zero-order valence-electron chi connectivity index (χ0n) is 17.3. The normalized spacial score (nSPS) is 17.5. The van der Waals surface area contributed by atoms with E-state index in [2.05, 4.69) is 25.5 Å². The number of aromatic nitrogens is 2. The molecule has 0 aliphatic carbocycles. The van der Waals surface area contributed by atoms with E-state index in [-0.39, 0.29) is 23.8 Å². The fourth-order valence-electron chi connectivity index (χ4n) is 3.58. The summed E-state index contributed by atoms with van der Waals surface area (Å²) in [6.07, 6.45) is 5.82. The lowest BCUT2D eigenvalue weighted by Gasteiger charge is -2.34. The van der Waals surface area contributed by atoms with Crippen molar-refractivity contribution in [1.82, 2.24) is 20.6 Å². The van der Waals surface area contributed by atoms with E-state index in [9.17, 15) is 9.59 Å². The molecule has 7 nitrogen and oxygen atoms in total. The maximum atomic E-state index is 13.0. The summed E-state index contributed by atoms with van der Waals surface area (Å²) in [4.78, 5) is 36.3. The van der Waals surface area contributed by atoms with Gasteiger partial charge in [-0.05, 0) is 55.5 Å². The fraction of sp³-hybridized carbons (Fsp3) is 0.455. The molecule has 0 saturated carbocycles. The van der Waals surface area contributed by atoms with Crippen LogP contribution in [0.1, 0.15) is 43.5 Å². The minimum absolute atomic E-state index is 0.0165. The van der Waals surface area contributed by atoms with Crippen LogP contribution in [0.25, 0.3) is 0 Å². The fourth-order valence-corrected chi connectivity index (χ4v) is 3.70. The quantitative estimate of drug-likeness (QED) is 0.706. The molecule has 0 bridgehead atoms. The summed E-state index contributed by atoms with van der Waals surface area (Å²) in [6.45, 7) is 5.57. The molecule has 2 aromatic rings. The molecule has 2 N–H and O–H groups in total. The second-order valence-corrected chi connectivity index (χ2v) is 8.44. The molecule has 1 aromatic carbocycles. The molecule has 160 valence electrons. The number of nitrogens with zero attached hydrogens (tertiary/aromatic N) is 3. The maximum Gasteiger partial charge on any atom is 0.251 e. The average Bonchev–Trinajstić information content (AvgIpc) is 2.74.